The monoisotopic (exact) mass is 163 g/mol. The molecule has 0 saturated heterocycles. The molecule has 65 valence electrons. The van der Waals surface area contributed by atoms with Gasteiger partial charge in [-0.3, -0.25) is 0 Å². The predicted octanol–water partition coefficient (Wildman–Crippen LogP) is 1.18. The number of rotatable bonds is 3. The second kappa shape index (κ2) is 4.24. The first-order chi connectivity index (χ1) is 5.83. The fourth-order valence-corrected chi connectivity index (χ4v) is 1.37. The van der Waals surface area contributed by atoms with Crippen LogP contribution in [-0.4, -0.2) is 0 Å². The molecular formula is C10H15N2. The van der Waals surface area contributed by atoms with Gasteiger partial charge in [-0.05, 0) is 23.1 Å². The Morgan fingerprint density at radius 1 is 1.25 bits per heavy atom. The third-order valence-electron chi connectivity index (χ3n) is 2.04. The molecule has 0 heterocycles. The highest BCUT2D eigenvalue weighted by molar-refractivity contribution is 5.38. The Labute approximate surface area is 73.6 Å². The minimum Gasteiger partial charge on any atom is -0.326 e. The van der Waals surface area contributed by atoms with Crippen LogP contribution in [0.15, 0.2) is 18.2 Å². The summed E-state index contributed by atoms with van der Waals surface area (Å²) in [5.41, 5.74) is 14.7. The van der Waals surface area contributed by atoms with Crippen molar-refractivity contribution in [2.24, 2.45) is 11.5 Å². The average molecular weight is 163 g/mol. The smallest absolute Gasteiger partial charge is 0.0184 e. The molecule has 0 saturated carbocycles. The Morgan fingerprint density at radius 2 is 2.00 bits per heavy atom. The van der Waals surface area contributed by atoms with Crippen molar-refractivity contribution in [2.45, 2.75) is 20.0 Å². The molecule has 0 aromatic heterocycles. The summed E-state index contributed by atoms with van der Waals surface area (Å²) >= 11 is 0. The lowest BCUT2D eigenvalue weighted by molar-refractivity contribution is 0.967. The topological polar surface area (TPSA) is 52.0 Å². The van der Waals surface area contributed by atoms with E-state index in [1.807, 2.05) is 19.1 Å². The van der Waals surface area contributed by atoms with Crippen molar-refractivity contribution >= 4 is 0 Å². The van der Waals surface area contributed by atoms with E-state index in [0.717, 1.165) is 5.56 Å². The Kier molecular flexibility index (Phi) is 3.26. The zero-order valence-corrected chi connectivity index (χ0v) is 7.38. The van der Waals surface area contributed by atoms with E-state index in [1.165, 1.54) is 11.1 Å². The largest absolute Gasteiger partial charge is 0.326 e. The minimum absolute atomic E-state index is 0.563. The van der Waals surface area contributed by atoms with Crippen LogP contribution in [-0.2, 0) is 13.1 Å². The van der Waals surface area contributed by atoms with Gasteiger partial charge in [0.2, 0.25) is 0 Å². The van der Waals surface area contributed by atoms with Gasteiger partial charge in [-0.25, -0.2) is 0 Å². The molecule has 2 heteroatoms. The highest BCUT2D eigenvalue weighted by Gasteiger charge is 2.02. The second-order valence-corrected chi connectivity index (χ2v) is 2.68. The molecule has 0 atom stereocenters. The summed E-state index contributed by atoms with van der Waals surface area (Å²) in [4.78, 5) is 0. The van der Waals surface area contributed by atoms with Crippen LogP contribution in [0.1, 0.15) is 23.6 Å². The van der Waals surface area contributed by atoms with Crippen LogP contribution in [0.4, 0.5) is 0 Å². The van der Waals surface area contributed by atoms with Gasteiger partial charge in [0, 0.05) is 13.1 Å². The van der Waals surface area contributed by atoms with Gasteiger partial charge in [0.25, 0.3) is 0 Å². The molecule has 0 bridgehead atoms. The van der Waals surface area contributed by atoms with Crippen LogP contribution in [0.2, 0.25) is 0 Å². The maximum Gasteiger partial charge on any atom is 0.0184 e. The van der Waals surface area contributed by atoms with Crippen LogP contribution in [0.5, 0.6) is 0 Å². The maximum absolute atomic E-state index is 5.63. The van der Waals surface area contributed by atoms with E-state index < -0.39 is 0 Å². The van der Waals surface area contributed by atoms with E-state index in [9.17, 15) is 0 Å². The maximum atomic E-state index is 5.63. The summed E-state index contributed by atoms with van der Waals surface area (Å²) in [6.07, 6.45) is 2.06. The van der Waals surface area contributed by atoms with Gasteiger partial charge in [0.1, 0.15) is 0 Å². The van der Waals surface area contributed by atoms with Crippen LogP contribution in [0.3, 0.4) is 0 Å². The summed E-state index contributed by atoms with van der Waals surface area (Å²) < 4.78 is 0. The van der Waals surface area contributed by atoms with Crippen molar-refractivity contribution in [1.29, 1.82) is 0 Å². The number of benzene rings is 1. The molecule has 1 aromatic carbocycles. The molecular weight excluding hydrogens is 148 g/mol. The molecule has 0 unspecified atom stereocenters. The van der Waals surface area contributed by atoms with Gasteiger partial charge in [0.05, 0.1) is 0 Å². The highest BCUT2D eigenvalue weighted by atomic mass is 14.6. The quantitative estimate of drug-likeness (QED) is 0.703. The second-order valence-electron chi connectivity index (χ2n) is 2.68. The summed E-state index contributed by atoms with van der Waals surface area (Å²) in [5, 5.41) is 0. The third kappa shape index (κ3) is 1.65. The SMILES string of the molecule is C[CH]c1cccc(CN)c1CN. The molecule has 12 heavy (non-hydrogen) atoms. The summed E-state index contributed by atoms with van der Waals surface area (Å²) in [6, 6.07) is 6.09. The lowest BCUT2D eigenvalue weighted by Crippen LogP contribution is -2.08. The van der Waals surface area contributed by atoms with Gasteiger partial charge in [-0.2, -0.15) is 0 Å². The standard InChI is InChI=1S/C10H15N2/c1-2-8-4-3-5-9(6-11)10(8)7-12/h2-5H,6-7,11-12H2,1H3. The molecule has 1 rings (SSSR count). The minimum atomic E-state index is 0.563. The van der Waals surface area contributed by atoms with E-state index in [2.05, 4.69) is 12.5 Å². The van der Waals surface area contributed by atoms with E-state index in [0.29, 0.717) is 13.1 Å². The third-order valence-corrected chi connectivity index (χ3v) is 2.04. The zero-order valence-electron chi connectivity index (χ0n) is 7.38. The molecule has 0 aliphatic heterocycles. The van der Waals surface area contributed by atoms with E-state index in [1.54, 1.807) is 0 Å². The first-order valence-corrected chi connectivity index (χ1v) is 4.13. The Balaban J connectivity index is 3.13. The van der Waals surface area contributed by atoms with Crippen LogP contribution in [0.25, 0.3) is 0 Å². The van der Waals surface area contributed by atoms with Crippen LogP contribution in [0, 0.1) is 6.42 Å². The summed E-state index contributed by atoms with van der Waals surface area (Å²) in [5.74, 6) is 0. The van der Waals surface area contributed by atoms with Crippen LogP contribution < -0.4 is 11.5 Å². The highest BCUT2D eigenvalue weighted by Crippen LogP contribution is 2.15. The van der Waals surface area contributed by atoms with Gasteiger partial charge in [-0.15, -0.1) is 0 Å². The Hall–Kier alpha value is -0.860. The molecule has 0 spiro atoms. The van der Waals surface area contributed by atoms with E-state index in [4.69, 9.17) is 11.5 Å². The summed E-state index contributed by atoms with van der Waals surface area (Å²) in [6.45, 7) is 3.13. The lowest BCUT2D eigenvalue weighted by Gasteiger charge is -2.09. The molecule has 1 aromatic rings. The van der Waals surface area contributed by atoms with Crippen molar-refractivity contribution in [2.75, 3.05) is 0 Å². The lowest BCUT2D eigenvalue weighted by atomic mass is 9.99. The van der Waals surface area contributed by atoms with Crippen molar-refractivity contribution in [3.63, 3.8) is 0 Å². The van der Waals surface area contributed by atoms with Gasteiger partial charge >= 0.3 is 0 Å². The predicted molar refractivity (Wildman–Crippen MR) is 51.3 cm³/mol. The van der Waals surface area contributed by atoms with Crippen LogP contribution >= 0.6 is 0 Å². The molecule has 0 fully saturated rings. The summed E-state index contributed by atoms with van der Waals surface area (Å²) in [7, 11) is 0. The van der Waals surface area contributed by atoms with E-state index in [-0.39, 0.29) is 0 Å². The molecule has 0 aliphatic carbocycles. The molecule has 0 amide bonds. The molecule has 2 nitrogen and oxygen atoms in total. The average Bonchev–Trinajstić information content (AvgIpc) is 2.16. The fraction of sp³-hybridized carbons (Fsp3) is 0.300. The van der Waals surface area contributed by atoms with Crippen molar-refractivity contribution < 1.29 is 0 Å². The number of hydrogen-bond acceptors (Lipinski definition) is 2. The molecule has 0 aliphatic rings. The zero-order chi connectivity index (χ0) is 8.97. The van der Waals surface area contributed by atoms with Crippen molar-refractivity contribution in [1.82, 2.24) is 0 Å². The van der Waals surface area contributed by atoms with Crippen molar-refractivity contribution in [3.8, 4) is 0 Å². The Morgan fingerprint density at radius 3 is 2.50 bits per heavy atom. The molecule has 1 radical (unpaired) electrons. The number of hydrogen-bond donors (Lipinski definition) is 2. The van der Waals surface area contributed by atoms with Gasteiger partial charge in [-0.1, -0.05) is 25.1 Å². The molecule has 4 N–H and O–H groups in total. The van der Waals surface area contributed by atoms with Gasteiger partial charge < -0.3 is 11.5 Å². The fourth-order valence-electron chi connectivity index (χ4n) is 1.37. The first-order valence-electron chi connectivity index (χ1n) is 4.13. The van der Waals surface area contributed by atoms with E-state index >= 15 is 0 Å². The first kappa shape index (κ1) is 9.23. The van der Waals surface area contributed by atoms with Gasteiger partial charge in [0.15, 0.2) is 0 Å². The normalized spacial score (nSPS) is 10.2. The number of nitrogens with two attached hydrogens (primary N) is 2. The van der Waals surface area contributed by atoms with Crippen molar-refractivity contribution in [3.05, 3.63) is 41.3 Å². The Bertz CT molecular complexity index is 234.